The van der Waals surface area contributed by atoms with Gasteiger partial charge in [-0.3, -0.25) is 10.3 Å². The summed E-state index contributed by atoms with van der Waals surface area (Å²) >= 11 is 0. The molecular formula is C18H31BrN2. The molecule has 21 heavy (non-hydrogen) atoms. The van der Waals surface area contributed by atoms with Crippen molar-refractivity contribution in [2.45, 2.75) is 89.1 Å². The van der Waals surface area contributed by atoms with E-state index < -0.39 is 0 Å². The van der Waals surface area contributed by atoms with Gasteiger partial charge in [-0.05, 0) is 50.9 Å². The molecular weight excluding hydrogens is 324 g/mol. The molecule has 0 aromatic carbocycles. The Hall–Kier alpha value is -0.0500. The SMILES string of the molecule is C1CCC([C@H]2CCC[C@H]2[NH+]=C2NC3CCC2CC3)CC1.[Br-]. The fourth-order valence-corrected chi connectivity index (χ4v) is 5.52. The van der Waals surface area contributed by atoms with Crippen LogP contribution in [-0.2, 0) is 0 Å². The third-order valence-corrected chi connectivity index (χ3v) is 6.66. The van der Waals surface area contributed by atoms with Gasteiger partial charge in [0, 0.05) is 5.92 Å². The second kappa shape index (κ2) is 7.02. The first kappa shape index (κ1) is 15.8. The average molecular weight is 355 g/mol. The van der Waals surface area contributed by atoms with Crippen molar-refractivity contribution < 1.29 is 22.0 Å². The maximum absolute atomic E-state index is 4.00. The number of halogens is 1. The van der Waals surface area contributed by atoms with Crippen LogP contribution in [0, 0.1) is 17.8 Å². The number of nitrogens with one attached hydrogen (secondary N) is 2. The summed E-state index contributed by atoms with van der Waals surface area (Å²) in [5, 5.41) is 3.81. The van der Waals surface area contributed by atoms with E-state index >= 15 is 0 Å². The fraction of sp³-hybridized carbons (Fsp3) is 0.944. The van der Waals surface area contributed by atoms with Crippen LogP contribution in [0.25, 0.3) is 0 Å². The monoisotopic (exact) mass is 354 g/mol. The van der Waals surface area contributed by atoms with Crippen LogP contribution in [0.15, 0.2) is 0 Å². The highest BCUT2D eigenvalue weighted by Crippen LogP contribution is 2.38. The van der Waals surface area contributed by atoms with Gasteiger partial charge in [0.15, 0.2) is 0 Å². The Kier molecular flexibility index (Phi) is 5.29. The molecule has 120 valence electrons. The third-order valence-electron chi connectivity index (χ3n) is 6.66. The Balaban J connectivity index is 0.00000132. The highest BCUT2D eigenvalue weighted by molar-refractivity contribution is 5.81. The Bertz CT molecular complexity index is 367. The molecule has 5 fully saturated rings. The van der Waals surface area contributed by atoms with Crippen LogP contribution in [0.1, 0.15) is 77.0 Å². The Morgan fingerprint density at radius 2 is 1.52 bits per heavy atom. The Morgan fingerprint density at radius 3 is 2.19 bits per heavy atom. The maximum Gasteiger partial charge on any atom is 0.246 e. The lowest BCUT2D eigenvalue weighted by molar-refractivity contribution is -0.518. The van der Waals surface area contributed by atoms with Crippen LogP contribution in [0.5, 0.6) is 0 Å². The molecule has 0 amide bonds. The second-order valence-corrected chi connectivity index (χ2v) is 7.85. The molecule has 2 heterocycles. The van der Waals surface area contributed by atoms with Crippen LogP contribution in [0.4, 0.5) is 0 Å². The van der Waals surface area contributed by atoms with Gasteiger partial charge in [-0.25, -0.2) is 0 Å². The van der Waals surface area contributed by atoms with E-state index in [0.717, 1.165) is 29.8 Å². The van der Waals surface area contributed by atoms with Gasteiger partial charge in [0.1, 0.15) is 0 Å². The summed E-state index contributed by atoms with van der Waals surface area (Å²) in [5.74, 6) is 4.39. The molecule has 3 saturated carbocycles. The van der Waals surface area contributed by atoms with Gasteiger partial charge in [-0.1, -0.05) is 32.1 Å². The molecule has 0 radical (unpaired) electrons. The van der Waals surface area contributed by atoms with Crippen LogP contribution in [0.2, 0.25) is 0 Å². The second-order valence-electron chi connectivity index (χ2n) is 7.85. The molecule has 0 spiro atoms. The van der Waals surface area contributed by atoms with E-state index in [4.69, 9.17) is 0 Å². The van der Waals surface area contributed by atoms with Crippen LogP contribution >= 0.6 is 0 Å². The molecule has 2 N–H and O–H groups in total. The number of fused-ring (bicyclic) bond motifs is 3. The maximum atomic E-state index is 4.00. The van der Waals surface area contributed by atoms with Crippen molar-refractivity contribution >= 4 is 5.84 Å². The number of piperidine rings is 2. The van der Waals surface area contributed by atoms with E-state index in [9.17, 15) is 0 Å². The number of rotatable bonds is 2. The molecule has 2 saturated heterocycles. The Labute approximate surface area is 140 Å². The summed E-state index contributed by atoms with van der Waals surface area (Å²) in [7, 11) is 0. The zero-order valence-electron chi connectivity index (χ0n) is 13.2. The topological polar surface area (TPSA) is 26.0 Å². The van der Waals surface area contributed by atoms with Gasteiger partial charge in [0.25, 0.3) is 0 Å². The lowest BCUT2D eigenvalue weighted by Crippen LogP contribution is -3.00. The standard InChI is InChI=1S/C18H30N2.BrH/c1-2-5-13(6-3-1)16-7-4-8-17(16)20-18-14-9-11-15(19-18)12-10-14;/h13-17H,1-12H2,(H,19,20);1H/t14?,15?,16-,17-;/m1./s1. The van der Waals surface area contributed by atoms with E-state index in [1.807, 2.05) is 0 Å². The molecule has 5 rings (SSSR count). The number of hydrogen-bond acceptors (Lipinski definition) is 0. The minimum absolute atomic E-state index is 0. The number of amidine groups is 1. The quantitative estimate of drug-likeness (QED) is 0.679. The molecule has 0 aromatic rings. The van der Waals surface area contributed by atoms with Crippen molar-refractivity contribution in [1.82, 2.24) is 5.32 Å². The summed E-state index contributed by atoms with van der Waals surface area (Å²) in [6, 6.07) is 1.58. The summed E-state index contributed by atoms with van der Waals surface area (Å²) < 4.78 is 0. The predicted octanol–water partition coefficient (Wildman–Crippen LogP) is -0.619. The molecule has 2 bridgehead atoms. The molecule has 3 heteroatoms. The summed E-state index contributed by atoms with van der Waals surface area (Å²) in [5.41, 5.74) is 0. The number of hydrogen-bond donors (Lipinski definition) is 2. The lowest BCUT2D eigenvalue weighted by Gasteiger charge is -2.35. The van der Waals surface area contributed by atoms with Gasteiger partial charge in [-0.2, -0.15) is 0 Å². The molecule has 5 aliphatic rings. The van der Waals surface area contributed by atoms with Gasteiger partial charge in [0.2, 0.25) is 5.84 Å². The van der Waals surface area contributed by atoms with Crippen molar-refractivity contribution in [3.8, 4) is 0 Å². The van der Waals surface area contributed by atoms with Gasteiger partial charge >= 0.3 is 0 Å². The minimum atomic E-state index is 0. The predicted molar refractivity (Wildman–Crippen MR) is 82.6 cm³/mol. The van der Waals surface area contributed by atoms with Crippen molar-refractivity contribution in [2.75, 3.05) is 0 Å². The molecule has 2 atom stereocenters. The minimum Gasteiger partial charge on any atom is -1.00 e. The molecule has 0 unspecified atom stereocenters. The van der Waals surface area contributed by atoms with E-state index in [1.165, 1.54) is 77.0 Å². The van der Waals surface area contributed by atoms with E-state index in [0.29, 0.717) is 0 Å². The normalized spacial score (nSPS) is 41.8. The zero-order chi connectivity index (χ0) is 13.4. The molecule has 0 aromatic heterocycles. The van der Waals surface area contributed by atoms with Crippen LogP contribution < -0.4 is 27.3 Å². The summed E-state index contributed by atoms with van der Waals surface area (Å²) in [6.07, 6.45) is 17.6. The average Bonchev–Trinajstić information content (AvgIpc) is 2.97. The third kappa shape index (κ3) is 3.33. The van der Waals surface area contributed by atoms with Gasteiger partial charge < -0.3 is 17.0 Å². The highest BCUT2D eigenvalue weighted by Gasteiger charge is 2.40. The van der Waals surface area contributed by atoms with Gasteiger partial charge in [-0.15, -0.1) is 0 Å². The first-order valence-electron chi connectivity index (χ1n) is 9.30. The lowest BCUT2D eigenvalue weighted by atomic mass is 9.77. The first-order valence-corrected chi connectivity index (χ1v) is 9.30. The molecule has 2 nitrogen and oxygen atoms in total. The molecule has 2 aliphatic heterocycles. The summed E-state index contributed by atoms with van der Waals surface area (Å²) in [4.78, 5) is 4.00. The van der Waals surface area contributed by atoms with Crippen molar-refractivity contribution in [3.63, 3.8) is 0 Å². The highest BCUT2D eigenvalue weighted by atomic mass is 79.9. The van der Waals surface area contributed by atoms with Crippen molar-refractivity contribution in [2.24, 2.45) is 17.8 Å². The molecule has 3 aliphatic carbocycles. The van der Waals surface area contributed by atoms with E-state index in [1.54, 1.807) is 5.84 Å². The Morgan fingerprint density at radius 1 is 0.762 bits per heavy atom. The zero-order valence-corrected chi connectivity index (χ0v) is 14.8. The largest absolute Gasteiger partial charge is 1.00 e. The van der Waals surface area contributed by atoms with Crippen LogP contribution in [-0.4, -0.2) is 17.9 Å². The van der Waals surface area contributed by atoms with Crippen molar-refractivity contribution in [3.05, 3.63) is 0 Å². The first-order chi connectivity index (χ1) is 9.90. The van der Waals surface area contributed by atoms with E-state index in [2.05, 4.69) is 10.3 Å². The fourth-order valence-electron chi connectivity index (χ4n) is 5.52. The van der Waals surface area contributed by atoms with Gasteiger partial charge in [0.05, 0.1) is 18.0 Å². The smallest absolute Gasteiger partial charge is 0.246 e. The van der Waals surface area contributed by atoms with Crippen molar-refractivity contribution in [1.29, 1.82) is 0 Å². The summed E-state index contributed by atoms with van der Waals surface area (Å²) in [6.45, 7) is 0. The van der Waals surface area contributed by atoms with E-state index in [-0.39, 0.29) is 17.0 Å². The van der Waals surface area contributed by atoms with Crippen LogP contribution in [0.3, 0.4) is 0 Å².